The Morgan fingerprint density at radius 2 is 0.819 bits per heavy atom. The minimum atomic E-state index is -0.147. The normalized spacial score (nSPS) is 13.2. The monoisotopic (exact) mass is 1110 g/mol. The Hall–Kier alpha value is -7.08. The standard InChI is InChI=1S/C62H52B2N6O.Pt/c1-35-17-15-18-36(2)51(35)63-53-41-21-11-13-23-45(41)67-47-27-25-39(33-49(47)69(59(53)67)57-55(63)43(29-31-65-57)61(5,6)7)71-40-26-28-48-50(34-40)70-58-56(44(30-32-66-58)62(8,9)10)64(52-37(3)19-16-20-38(52)4)54-42-22-12-14-24-46(42)68(48)60(54)70;/h11-32H,1-10H3;/q-2;+2. The molecule has 0 N–H and O–H groups in total. The molecule has 0 fully saturated rings. The van der Waals surface area contributed by atoms with Gasteiger partial charge < -0.3 is 22.7 Å². The molecule has 0 aliphatic carbocycles. The molecule has 0 amide bonds. The van der Waals surface area contributed by atoms with E-state index in [2.05, 4.69) is 221 Å². The molecular weight excluding hydrogens is 1060 g/mol. The fourth-order valence-electron chi connectivity index (χ4n) is 13.1. The van der Waals surface area contributed by atoms with E-state index in [4.69, 9.17) is 14.7 Å². The number of aryl methyl sites for hydroxylation is 4. The van der Waals surface area contributed by atoms with Gasteiger partial charge in [0.1, 0.15) is 22.9 Å². The molecule has 72 heavy (non-hydrogen) atoms. The van der Waals surface area contributed by atoms with Crippen molar-refractivity contribution in [2.45, 2.75) is 80.1 Å². The summed E-state index contributed by atoms with van der Waals surface area (Å²) in [7, 11) is 0. The summed E-state index contributed by atoms with van der Waals surface area (Å²) in [6.07, 6.45) is 3.98. The van der Waals surface area contributed by atoms with Crippen LogP contribution in [0.15, 0.2) is 134 Å². The van der Waals surface area contributed by atoms with Crippen LogP contribution in [-0.4, -0.2) is 41.3 Å². The zero-order valence-electron chi connectivity index (χ0n) is 42.3. The predicted molar refractivity (Wildman–Crippen MR) is 295 cm³/mol. The summed E-state index contributed by atoms with van der Waals surface area (Å²) in [6, 6.07) is 51.7. The van der Waals surface area contributed by atoms with Crippen LogP contribution in [0.1, 0.15) is 74.9 Å². The zero-order chi connectivity index (χ0) is 48.6. The summed E-state index contributed by atoms with van der Waals surface area (Å²) >= 11 is 0. The number of benzene rings is 6. The third kappa shape index (κ3) is 5.98. The Morgan fingerprint density at radius 1 is 0.431 bits per heavy atom. The molecule has 0 spiro atoms. The number of rotatable bonds is 4. The van der Waals surface area contributed by atoms with E-state index in [1.54, 1.807) is 0 Å². The van der Waals surface area contributed by atoms with Crippen LogP contribution in [0.4, 0.5) is 0 Å². The van der Waals surface area contributed by atoms with Crippen molar-refractivity contribution in [2.75, 3.05) is 0 Å². The van der Waals surface area contributed by atoms with Gasteiger partial charge in [-0.15, -0.1) is 36.4 Å². The third-order valence-electron chi connectivity index (χ3n) is 15.9. The van der Waals surface area contributed by atoms with Crippen molar-refractivity contribution in [2.24, 2.45) is 0 Å². The molecular formula is C62H52B2N6OPt. The fourth-order valence-corrected chi connectivity index (χ4v) is 13.1. The SMILES string of the molecule is Cc1cccc(C)c1B1c2c(C(C)(C)C)ccnc2-n2c3[c-]c(Oc4[c-]c5c(cc4)n4c6ccccc6c6c4n5-c4nccc(C(C)(C)C)c4B6c4c(C)cccc4C)ccc3n3c4ccccc4c1c23.[Pt+2]. The zero-order valence-corrected chi connectivity index (χ0v) is 44.5. The summed E-state index contributed by atoms with van der Waals surface area (Å²) in [4.78, 5) is 10.6. The van der Waals surface area contributed by atoms with Gasteiger partial charge in [-0.05, 0) is 129 Å². The van der Waals surface area contributed by atoms with E-state index >= 15 is 0 Å². The summed E-state index contributed by atoms with van der Waals surface area (Å²) in [6.45, 7) is 22.9. The van der Waals surface area contributed by atoms with E-state index in [0.717, 1.165) is 56.0 Å². The molecule has 0 atom stereocenters. The molecule has 12 aromatic rings. The minimum Gasteiger partial charge on any atom is -0.509 e. The van der Waals surface area contributed by atoms with Gasteiger partial charge >= 0.3 is 21.1 Å². The minimum absolute atomic E-state index is 0. The maximum Gasteiger partial charge on any atom is 2.00 e. The summed E-state index contributed by atoms with van der Waals surface area (Å²) in [5.41, 5.74) is 23.7. The van der Waals surface area contributed by atoms with Crippen LogP contribution >= 0.6 is 0 Å². The predicted octanol–water partition coefficient (Wildman–Crippen LogP) is 10.1. The van der Waals surface area contributed by atoms with E-state index in [0.29, 0.717) is 11.5 Å². The number of fused-ring (bicyclic) bond motifs is 16. The molecule has 2 aliphatic rings. The van der Waals surface area contributed by atoms with E-state index in [1.807, 2.05) is 12.4 Å². The number of hydrogen-bond acceptors (Lipinski definition) is 3. The van der Waals surface area contributed by atoms with Crippen LogP contribution in [-0.2, 0) is 31.9 Å². The first-order valence-corrected chi connectivity index (χ1v) is 25.0. The molecule has 0 bridgehead atoms. The van der Waals surface area contributed by atoms with Crippen LogP contribution in [0.5, 0.6) is 11.5 Å². The van der Waals surface area contributed by atoms with Gasteiger partial charge in [-0.25, -0.2) is 9.97 Å². The number of imidazole rings is 2. The molecule has 6 aromatic carbocycles. The van der Waals surface area contributed by atoms with Crippen molar-refractivity contribution in [3.63, 3.8) is 0 Å². The van der Waals surface area contributed by atoms with Crippen LogP contribution in [0.2, 0.25) is 0 Å². The molecule has 10 heteroatoms. The van der Waals surface area contributed by atoms with E-state index in [9.17, 15) is 0 Å². The Bertz CT molecular complexity index is 3990. The van der Waals surface area contributed by atoms with Crippen LogP contribution < -0.4 is 37.5 Å². The second kappa shape index (κ2) is 15.5. The van der Waals surface area contributed by atoms with Gasteiger partial charge in [0.2, 0.25) is 0 Å². The molecule has 8 heterocycles. The molecule has 352 valence electrons. The molecule has 2 aliphatic heterocycles. The van der Waals surface area contributed by atoms with Gasteiger partial charge in [-0.2, -0.15) is 0 Å². The third-order valence-corrected chi connectivity index (χ3v) is 15.9. The van der Waals surface area contributed by atoms with Crippen LogP contribution in [0, 0.1) is 39.8 Å². The number of nitrogens with zero attached hydrogens (tertiary/aromatic N) is 6. The molecule has 0 saturated carbocycles. The molecule has 7 nitrogen and oxygen atoms in total. The van der Waals surface area contributed by atoms with Crippen molar-refractivity contribution in [1.29, 1.82) is 0 Å². The Kier molecular flexibility index (Phi) is 9.63. The number of aromatic nitrogens is 6. The Labute approximate surface area is 434 Å². The summed E-state index contributed by atoms with van der Waals surface area (Å²) in [5.74, 6) is 3.08. The average molecular weight is 1110 g/mol. The molecule has 0 saturated heterocycles. The maximum absolute atomic E-state index is 6.99. The Morgan fingerprint density at radius 3 is 1.21 bits per heavy atom. The number of hydrogen-bond donors (Lipinski definition) is 0. The quantitative estimate of drug-likeness (QED) is 0.130. The van der Waals surface area contributed by atoms with Crippen LogP contribution in [0.3, 0.4) is 0 Å². The van der Waals surface area contributed by atoms with Crippen molar-refractivity contribution in [3.8, 4) is 23.1 Å². The topological polar surface area (TPSA) is 53.7 Å². The van der Waals surface area contributed by atoms with Crippen LogP contribution in [0.25, 0.3) is 66.8 Å². The van der Waals surface area contributed by atoms with Crippen molar-refractivity contribution < 1.29 is 25.8 Å². The number of ether oxygens (including phenoxy) is 1. The van der Waals surface area contributed by atoms with Gasteiger partial charge in [0.15, 0.2) is 0 Å². The number of pyridine rings is 2. The molecule has 14 rings (SSSR count). The molecule has 6 aromatic heterocycles. The first kappa shape index (κ1) is 44.8. The van der Waals surface area contributed by atoms with Crippen molar-refractivity contribution in [1.82, 2.24) is 27.9 Å². The first-order chi connectivity index (χ1) is 34.2. The molecule has 0 radical (unpaired) electrons. The van der Waals surface area contributed by atoms with Gasteiger partial charge in [0.25, 0.3) is 13.4 Å². The summed E-state index contributed by atoms with van der Waals surface area (Å²) in [5, 5.41) is 2.50. The van der Waals surface area contributed by atoms with E-state index < -0.39 is 0 Å². The molecule has 0 unspecified atom stereocenters. The Balaban J connectivity index is 0.00000504. The van der Waals surface area contributed by atoms with E-state index in [-0.39, 0.29) is 45.3 Å². The number of para-hydroxylation sites is 2. The van der Waals surface area contributed by atoms with Crippen molar-refractivity contribution in [3.05, 3.63) is 179 Å². The van der Waals surface area contributed by atoms with Gasteiger partial charge in [0.05, 0.1) is 0 Å². The fraction of sp³-hybridized carbons (Fsp3) is 0.194. The van der Waals surface area contributed by atoms with Crippen molar-refractivity contribution >= 4 is 101 Å². The van der Waals surface area contributed by atoms with E-state index in [1.165, 1.54) is 76.9 Å². The summed E-state index contributed by atoms with van der Waals surface area (Å²) < 4.78 is 16.5. The second-order valence-electron chi connectivity index (χ2n) is 22.2. The maximum atomic E-state index is 6.99. The van der Waals surface area contributed by atoms with Gasteiger partial charge in [-0.1, -0.05) is 148 Å². The average Bonchev–Trinajstić information content (AvgIpc) is 4.07. The smallest absolute Gasteiger partial charge is 0.509 e. The largest absolute Gasteiger partial charge is 2.00 e. The van der Waals surface area contributed by atoms with Gasteiger partial charge in [-0.3, -0.25) is 0 Å². The van der Waals surface area contributed by atoms with Gasteiger partial charge in [0, 0.05) is 34.9 Å². The first-order valence-electron chi connectivity index (χ1n) is 25.0. The second-order valence-corrected chi connectivity index (χ2v) is 22.2.